The van der Waals surface area contributed by atoms with E-state index in [4.69, 9.17) is 4.42 Å². The van der Waals surface area contributed by atoms with Gasteiger partial charge in [-0.25, -0.2) is 0 Å². The number of carbonyl (C=O) groups is 2. The van der Waals surface area contributed by atoms with Crippen LogP contribution in [-0.2, 0) is 11.3 Å². The molecule has 6 heteroatoms. The molecule has 1 saturated carbocycles. The maximum Gasteiger partial charge on any atom is 0.290 e. The van der Waals surface area contributed by atoms with Crippen molar-refractivity contribution < 1.29 is 14.0 Å². The summed E-state index contributed by atoms with van der Waals surface area (Å²) in [5.74, 6) is -0.186. The van der Waals surface area contributed by atoms with Crippen molar-refractivity contribution >= 4 is 23.2 Å². The molecular formula is C25H28N2O3S. The van der Waals surface area contributed by atoms with Crippen LogP contribution in [0, 0.1) is 6.92 Å². The molecule has 1 atom stereocenters. The van der Waals surface area contributed by atoms with Crippen molar-refractivity contribution in [3.05, 3.63) is 81.9 Å². The minimum Gasteiger partial charge on any atom is -0.459 e. The molecule has 2 amide bonds. The Labute approximate surface area is 187 Å². The van der Waals surface area contributed by atoms with Crippen LogP contribution in [0.2, 0.25) is 0 Å². The molecule has 1 N–H and O–H groups in total. The van der Waals surface area contributed by atoms with E-state index >= 15 is 0 Å². The van der Waals surface area contributed by atoms with Crippen LogP contribution in [-0.4, -0.2) is 22.8 Å². The van der Waals surface area contributed by atoms with E-state index in [0.29, 0.717) is 6.54 Å². The van der Waals surface area contributed by atoms with Crippen molar-refractivity contribution in [2.45, 2.75) is 57.7 Å². The fraction of sp³-hybridized carbons (Fsp3) is 0.360. The first kappa shape index (κ1) is 21.4. The monoisotopic (exact) mass is 436 g/mol. The first-order valence-corrected chi connectivity index (χ1v) is 11.7. The third-order valence-electron chi connectivity index (χ3n) is 5.80. The molecule has 1 aliphatic carbocycles. The zero-order chi connectivity index (χ0) is 21.6. The second kappa shape index (κ2) is 9.96. The molecule has 5 nitrogen and oxygen atoms in total. The number of benzene rings is 1. The summed E-state index contributed by atoms with van der Waals surface area (Å²) < 4.78 is 5.41. The van der Waals surface area contributed by atoms with E-state index in [0.717, 1.165) is 41.7 Å². The van der Waals surface area contributed by atoms with Gasteiger partial charge in [-0.1, -0.05) is 55.2 Å². The molecule has 0 unspecified atom stereocenters. The highest BCUT2D eigenvalue weighted by atomic mass is 32.1. The number of thiophene rings is 1. The van der Waals surface area contributed by atoms with E-state index in [2.05, 4.69) is 5.32 Å². The Kier molecular flexibility index (Phi) is 6.87. The van der Waals surface area contributed by atoms with Gasteiger partial charge in [0.15, 0.2) is 5.76 Å². The van der Waals surface area contributed by atoms with Gasteiger partial charge in [-0.3, -0.25) is 9.59 Å². The molecular weight excluding hydrogens is 408 g/mol. The quantitative estimate of drug-likeness (QED) is 0.533. The van der Waals surface area contributed by atoms with Crippen molar-refractivity contribution in [1.29, 1.82) is 0 Å². The lowest BCUT2D eigenvalue weighted by Gasteiger charge is -2.32. The van der Waals surface area contributed by atoms with Crippen molar-refractivity contribution in [3.8, 4) is 0 Å². The fourth-order valence-electron chi connectivity index (χ4n) is 4.14. The predicted octanol–water partition coefficient (Wildman–Crippen LogP) is 5.48. The number of hydrogen-bond acceptors (Lipinski definition) is 4. The highest BCUT2D eigenvalue weighted by molar-refractivity contribution is 7.09. The van der Waals surface area contributed by atoms with Crippen LogP contribution in [0.25, 0.3) is 0 Å². The van der Waals surface area contributed by atoms with E-state index < -0.39 is 6.04 Å². The molecule has 2 aromatic heterocycles. The number of aryl methyl sites for hydroxylation is 1. The Morgan fingerprint density at radius 3 is 2.52 bits per heavy atom. The number of carbonyl (C=O) groups excluding carboxylic acids is 2. The van der Waals surface area contributed by atoms with Crippen LogP contribution in [0.5, 0.6) is 0 Å². The summed E-state index contributed by atoms with van der Waals surface area (Å²) in [7, 11) is 0. The van der Waals surface area contributed by atoms with Crippen LogP contribution >= 0.6 is 11.3 Å². The molecule has 162 valence electrons. The number of furan rings is 1. The number of rotatable bonds is 7. The van der Waals surface area contributed by atoms with Crippen molar-refractivity contribution in [1.82, 2.24) is 10.2 Å². The van der Waals surface area contributed by atoms with Crippen molar-refractivity contribution in [2.75, 3.05) is 0 Å². The Morgan fingerprint density at radius 1 is 1.10 bits per heavy atom. The van der Waals surface area contributed by atoms with Gasteiger partial charge in [0.2, 0.25) is 5.91 Å². The summed E-state index contributed by atoms with van der Waals surface area (Å²) in [4.78, 5) is 29.7. The first-order valence-electron chi connectivity index (χ1n) is 10.9. The van der Waals surface area contributed by atoms with E-state index in [1.54, 1.807) is 28.4 Å². The lowest BCUT2D eigenvalue weighted by molar-refractivity contribution is -0.127. The summed E-state index contributed by atoms with van der Waals surface area (Å²) in [5.41, 5.74) is 1.91. The van der Waals surface area contributed by atoms with Gasteiger partial charge in [0.1, 0.15) is 6.04 Å². The molecule has 1 aromatic carbocycles. The standard InChI is InChI=1S/C25H28N2O3S/c1-18-11-13-19(14-12-18)23(24(28)26-20-7-3-2-4-8-20)27(17-21-9-6-16-31-21)25(29)22-10-5-15-30-22/h5-6,9-16,20,23H,2-4,7-8,17H2,1H3,(H,26,28)/t23-/m0/s1. The lowest BCUT2D eigenvalue weighted by atomic mass is 9.94. The average Bonchev–Trinajstić information content (AvgIpc) is 3.49. The molecule has 0 spiro atoms. The molecule has 0 saturated heterocycles. The zero-order valence-corrected chi connectivity index (χ0v) is 18.6. The Hall–Kier alpha value is -2.86. The Morgan fingerprint density at radius 2 is 1.87 bits per heavy atom. The normalized spacial score (nSPS) is 15.4. The highest BCUT2D eigenvalue weighted by Gasteiger charge is 2.34. The van der Waals surface area contributed by atoms with Gasteiger partial charge >= 0.3 is 0 Å². The summed E-state index contributed by atoms with van der Waals surface area (Å²) in [6.07, 6.45) is 6.94. The molecule has 0 bridgehead atoms. The molecule has 1 fully saturated rings. The average molecular weight is 437 g/mol. The van der Waals surface area contributed by atoms with Crippen LogP contribution in [0.4, 0.5) is 0 Å². The van der Waals surface area contributed by atoms with E-state index in [-0.39, 0.29) is 23.6 Å². The van der Waals surface area contributed by atoms with Crippen LogP contribution in [0.15, 0.2) is 64.6 Å². The highest BCUT2D eigenvalue weighted by Crippen LogP contribution is 2.28. The fourth-order valence-corrected chi connectivity index (χ4v) is 4.84. The van der Waals surface area contributed by atoms with E-state index in [1.807, 2.05) is 48.7 Å². The van der Waals surface area contributed by atoms with Gasteiger partial charge in [0.25, 0.3) is 5.91 Å². The summed E-state index contributed by atoms with van der Waals surface area (Å²) in [5, 5.41) is 5.21. The molecule has 4 rings (SSSR count). The SMILES string of the molecule is Cc1ccc([C@@H](C(=O)NC2CCCCC2)N(Cc2cccs2)C(=O)c2ccco2)cc1. The van der Waals surface area contributed by atoms with Gasteiger partial charge < -0.3 is 14.6 Å². The molecule has 0 aliphatic heterocycles. The zero-order valence-electron chi connectivity index (χ0n) is 17.8. The third-order valence-corrected chi connectivity index (χ3v) is 6.66. The maximum atomic E-state index is 13.6. The smallest absolute Gasteiger partial charge is 0.290 e. The third kappa shape index (κ3) is 5.25. The molecule has 31 heavy (non-hydrogen) atoms. The molecule has 3 aromatic rings. The van der Waals surface area contributed by atoms with Gasteiger partial charge in [0, 0.05) is 10.9 Å². The molecule has 1 aliphatic rings. The second-order valence-electron chi connectivity index (χ2n) is 8.15. The molecule has 0 radical (unpaired) electrons. The predicted molar refractivity (Wildman–Crippen MR) is 122 cm³/mol. The van der Waals surface area contributed by atoms with Gasteiger partial charge in [-0.2, -0.15) is 0 Å². The number of nitrogens with zero attached hydrogens (tertiary/aromatic N) is 1. The van der Waals surface area contributed by atoms with Crippen LogP contribution in [0.1, 0.15) is 64.7 Å². The maximum absolute atomic E-state index is 13.6. The summed E-state index contributed by atoms with van der Waals surface area (Å²) in [6.45, 7) is 2.35. The van der Waals surface area contributed by atoms with Gasteiger partial charge in [-0.05, 0) is 48.9 Å². The summed E-state index contributed by atoms with van der Waals surface area (Å²) in [6, 6.07) is 14.6. The first-order chi connectivity index (χ1) is 15.1. The summed E-state index contributed by atoms with van der Waals surface area (Å²) >= 11 is 1.57. The van der Waals surface area contributed by atoms with Crippen molar-refractivity contribution in [3.63, 3.8) is 0 Å². The number of amides is 2. The van der Waals surface area contributed by atoms with Crippen molar-refractivity contribution in [2.24, 2.45) is 0 Å². The Bertz CT molecular complexity index is 974. The van der Waals surface area contributed by atoms with Gasteiger partial charge in [0.05, 0.1) is 12.8 Å². The second-order valence-corrected chi connectivity index (χ2v) is 9.18. The largest absolute Gasteiger partial charge is 0.459 e. The minimum atomic E-state index is -0.734. The Balaban J connectivity index is 1.70. The van der Waals surface area contributed by atoms with Gasteiger partial charge in [-0.15, -0.1) is 11.3 Å². The number of nitrogens with one attached hydrogen (secondary N) is 1. The van der Waals surface area contributed by atoms with E-state index in [1.165, 1.54) is 12.7 Å². The van der Waals surface area contributed by atoms with E-state index in [9.17, 15) is 9.59 Å². The minimum absolute atomic E-state index is 0.132. The lowest BCUT2D eigenvalue weighted by Crippen LogP contribution is -2.46. The molecule has 2 heterocycles. The van der Waals surface area contributed by atoms with Crippen LogP contribution < -0.4 is 5.32 Å². The van der Waals surface area contributed by atoms with Crippen LogP contribution in [0.3, 0.4) is 0 Å². The topological polar surface area (TPSA) is 62.6 Å². The number of hydrogen-bond donors (Lipinski definition) is 1.